The lowest BCUT2D eigenvalue weighted by atomic mass is 10.0. The van der Waals surface area contributed by atoms with Gasteiger partial charge in [0.25, 0.3) is 5.69 Å². The van der Waals surface area contributed by atoms with Crippen molar-refractivity contribution in [2.24, 2.45) is 0 Å². The Balaban J connectivity index is 1.68. The molecule has 0 bridgehead atoms. The van der Waals surface area contributed by atoms with Gasteiger partial charge in [-0.2, -0.15) is 5.26 Å². The lowest BCUT2D eigenvalue weighted by Crippen LogP contribution is -2.00. The average molecular weight is 398 g/mol. The molecule has 0 aliphatic carbocycles. The first kappa shape index (κ1) is 18.9. The highest BCUT2D eigenvalue weighted by Gasteiger charge is 2.12. The van der Waals surface area contributed by atoms with Crippen LogP contribution in [0.5, 0.6) is 5.75 Å². The topological polar surface area (TPSA) is 106 Å². The molecule has 0 radical (unpaired) electrons. The zero-order valence-electron chi connectivity index (χ0n) is 15.6. The molecule has 3 aromatic carbocycles. The Morgan fingerprint density at radius 1 is 1.03 bits per heavy atom. The highest BCUT2D eigenvalue weighted by atomic mass is 16.6. The van der Waals surface area contributed by atoms with E-state index in [0.29, 0.717) is 33.4 Å². The van der Waals surface area contributed by atoms with Crippen molar-refractivity contribution in [3.05, 3.63) is 104 Å². The average Bonchev–Trinajstić information content (AvgIpc) is 2.77. The van der Waals surface area contributed by atoms with Crippen LogP contribution in [0.15, 0.2) is 82.0 Å². The summed E-state index contributed by atoms with van der Waals surface area (Å²) in [6.07, 6.45) is 0. The minimum atomic E-state index is -0.539. The van der Waals surface area contributed by atoms with Gasteiger partial charge in [-0.1, -0.05) is 18.2 Å². The number of benzene rings is 3. The lowest BCUT2D eigenvalue weighted by Gasteiger charge is -2.10. The number of hydrogen-bond donors (Lipinski definition) is 0. The zero-order valence-corrected chi connectivity index (χ0v) is 15.6. The SMILES string of the molecule is N#Cc1ccccc1COc1ccc2c(-c3ccc([N+](=O)[O-])cc3)cc(=O)oc2c1. The fourth-order valence-corrected chi connectivity index (χ4v) is 3.15. The third-order valence-corrected chi connectivity index (χ3v) is 4.64. The first-order valence-electron chi connectivity index (χ1n) is 8.99. The minimum Gasteiger partial charge on any atom is -0.489 e. The highest BCUT2D eigenvalue weighted by Crippen LogP contribution is 2.31. The fourth-order valence-electron chi connectivity index (χ4n) is 3.15. The Morgan fingerprint density at radius 2 is 1.80 bits per heavy atom. The third kappa shape index (κ3) is 3.75. The van der Waals surface area contributed by atoms with Crippen LogP contribution in [0, 0.1) is 21.4 Å². The van der Waals surface area contributed by atoms with Crippen molar-refractivity contribution < 1.29 is 14.1 Å². The predicted octanol–water partition coefficient (Wildman–Crippen LogP) is 4.82. The molecule has 146 valence electrons. The largest absolute Gasteiger partial charge is 0.489 e. The van der Waals surface area contributed by atoms with Gasteiger partial charge in [0, 0.05) is 35.2 Å². The minimum absolute atomic E-state index is 0.0284. The van der Waals surface area contributed by atoms with Crippen LogP contribution in [0.3, 0.4) is 0 Å². The van der Waals surface area contributed by atoms with Crippen LogP contribution >= 0.6 is 0 Å². The maximum atomic E-state index is 12.1. The molecule has 4 rings (SSSR count). The number of nitrogens with zero attached hydrogens (tertiary/aromatic N) is 2. The summed E-state index contributed by atoms with van der Waals surface area (Å²) in [4.78, 5) is 22.5. The van der Waals surface area contributed by atoms with E-state index in [2.05, 4.69) is 6.07 Å². The van der Waals surface area contributed by atoms with E-state index < -0.39 is 10.5 Å². The fraction of sp³-hybridized carbons (Fsp3) is 0.0435. The standard InChI is InChI=1S/C23H14N2O5/c24-13-16-3-1-2-4-17(16)14-29-19-9-10-20-21(12-23(26)30-22(20)11-19)15-5-7-18(8-6-15)25(27)28/h1-12H,14H2. The first-order valence-corrected chi connectivity index (χ1v) is 8.99. The van der Waals surface area contributed by atoms with E-state index in [9.17, 15) is 20.2 Å². The molecule has 0 atom stereocenters. The summed E-state index contributed by atoms with van der Waals surface area (Å²) in [5.41, 5.74) is 2.32. The number of rotatable bonds is 5. The molecule has 1 heterocycles. The van der Waals surface area contributed by atoms with Crippen molar-refractivity contribution in [2.45, 2.75) is 6.61 Å². The van der Waals surface area contributed by atoms with Crippen LogP contribution in [-0.2, 0) is 6.61 Å². The first-order chi connectivity index (χ1) is 14.5. The Morgan fingerprint density at radius 3 is 2.53 bits per heavy atom. The molecule has 0 spiro atoms. The summed E-state index contributed by atoms with van der Waals surface area (Å²) in [7, 11) is 0. The van der Waals surface area contributed by atoms with Gasteiger partial charge in [0.15, 0.2) is 0 Å². The molecule has 7 nitrogen and oxygen atoms in total. The normalized spacial score (nSPS) is 10.5. The van der Waals surface area contributed by atoms with Gasteiger partial charge in [-0.15, -0.1) is 0 Å². The van der Waals surface area contributed by atoms with E-state index in [4.69, 9.17) is 9.15 Å². The maximum Gasteiger partial charge on any atom is 0.336 e. The Labute approximate surface area is 170 Å². The monoisotopic (exact) mass is 398 g/mol. The Kier molecular flexibility index (Phi) is 4.97. The van der Waals surface area contributed by atoms with Crippen LogP contribution in [0.25, 0.3) is 22.1 Å². The van der Waals surface area contributed by atoms with E-state index >= 15 is 0 Å². The molecule has 0 aliphatic heterocycles. The molecule has 0 unspecified atom stereocenters. The molecule has 0 aliphatic rings. The summed E-state index contributed by atoms with van der Waals surface area (Å²) in [5, 5.41) is 20.7. The summed E-state index contributed by atoms with van der Waals surface area (Å²) in [5.74, 6) is 0.485. The molecule has 30 heavy (non-hydrogen) atoms. The smallest absolute Gasteiger partial charge is 0.336 e. The second-order valence-corrected chi connectivity index (χ2v) is 6.50. The van der Waals surface area contributed by atoms with Gasteiger partial charge in [0.1, 0.15) is 17.9 Å². The van der Waals surface area contributed by atoms with Gasteiger partial charge in [0.2, 0.25) is 0 Å². The number of hydrogen-bond acceptors (Lipinski definition) is 6. The number of ether oxygens (including phenoxy) is 1. The molecule has 0 N–H and O–H groups in total. The maximum absolute atomic E-state index is 12.1. The molecular weight excluding hydrogens is 384 g/mol. The molecule has 0 saturated carbocycles. The molecule has 7 heteroatoms. The zero-order chi connectivity index (χ0) is 21.1. The van der Waals surface area contributed by atoms with E-state index in [-0.39, 0.29) is 12.3 Å². The van der Waals surface area contributed by atoms with E-state index in [0.717, 1.165) is 5.56 Å². The lowest BCUT2D eigenvalue weighted by molar-refractivity contribution is -0.384. The molecule has 0 amide bonds. The number of fused-ring (bicyclic) bond motifs is 1. The van der Waals surface area contributed by atoms with Crippen molar-refractivity contribution >= 4 is 16.7 Å². The van der Waals surface area contributed by atoms with Crippen LogP contribution in [0.2, 0.25) is 0 Å². The number of nitriles is 1. The second kappa shape index (κ2) is 7.89. The molecule has 4 aromatic rings. The van der Waals surface area contributed by atoms with Crippen LogP contribution < -0.4 is 10.4 Å². The van der Waals surface area contributed by atoms with Crippen LogP contribution in [-0.4, -0.2) is 4.92 Å². The number of non-ortho nitro benzene ring substituents is 1. The van der Waals surface area contributed by atoms with Gasteiger partial charge in [-0.3, -0.25) is 10.1 Å². The van der Waals surface area contributed by atoms with Crippen LogP contribution in [0.4, 0.5) is 5.69 Å². The summed E-state index contributed by atoms with van der Waals surface area (Å²) in [6, 6.07) is 21.7. The Bertz CT molecular complexity index is 1350. The van der Waals surface area contributed by atoms with Gasteiger partial charge in [-0.25, -0.2) is 4.79 Å². The predicted molar refractivity (Wildman–Crippen MR) is 110 cm³/mol. The molecule has 1 aromatic heterocycles. The highest BCUT2D eigenvalue weighted by molar-refractivity contribution is 5.93. The van der Waals surface area contributed by atoms with Crippen LogP contribution in [0.1, 0.15) is 11.1 Å². The van der Waals surface area contributed by atoms with Gasteiger partial charge >= 0.3 is 5.63 Å². The van der Waals surface area contributed by atoms with E-state index in [1.165, 1.54) is 18.2 Å². The van der Waals surface area contributed by atoms with Crippen molar-refractivity contribution in [3.63, 3.8) is 0 Å². The number of nitro groups is 1. The Hall–Kier alpha value is -4.44. The second-order valence-electron chi connectivity index (χ2n) is 6.50. The van der Waals surface area contributed by atoms with Crippen molar-refractivity contribution in [1.29, 1.82) is 5.26 Å². The van der Waals surface area contributed by atoms with Crippen molar-refractivity contribution in [3.8, 4) is 22.9 Å². The molecule has 0 fully saturated rings. The summed E-state index contributed by atoms with van der Waals surface area (Å²) >= 11 is 0. The molecular formula is C23H14N2O5. The number of nitro benzene ring substituents is 1. The van der Waals surface area contributed by atoms with Gasteiger partial charge < -0.3 is 9.15 Å². The summed E-state index contributed by atoms with van der Waals surface area (Å²) < 4.78 is 11.1. The third-order valence-electron chi connectivity index (χ3n) is 4.64. The quantitative estimate of drug-likeness (QED) is 0.271. The van der Waals surface area contributed by atoms with Crippen molar-refractivity contribution in [1.82, 2.24) is 0 Å². The van der Waals surface area contributed by atoms with E-state index in [1.54, 1.807) is 42.5 Å². The van der Waals surface area contributed by atoms with Gasteiger partial charge in [0.05, 0.1) is 16.6 Å². The van der Waals surface area contributed by atoms with E-state index in [1.807, 2.05) is 12.1 Å². The van der Waals surface area contributed by atoms with Gasteiger partial charge in [-0.05, 0) is 41.5 Å². The van der Waals surface area contributed by atoms with Crippen molar-refractivity contribution in [2.75, 3.05) is 0 Å². The molecule has 0 saturated heterocycles. The summed E-state index contributed by atoms with van der Waals surface area (Å²) in [6.45, 7) is 0.196.